The average molecular weight is 446 g/mol. The van der Waals surface area contributed by atoms with Gasteiger partial charge in [-0.2, -0.15) is 19.6 Å². The van der Waals surface area contributed by atoms with Crippen molar-refractivity contribution in [3.63, 3.8) is 0 Å². The van der Waals surface area contributed by atoms with Crippen LogP contribution in [0.1, 0.15) is 42.9 Å². The van der Waals surface area contributed by atoms with E-state index >= 15 is 0 Å². The normalized spacial score (nSPS) is 16.9. The lowest BCUT2D eigenvalue weighted by Crippen LogP contribution is -2.18. The Morgan fingerprint density at radius 3 is 2.81 bits per heavy atom. The Morgan fingerprint density at radius 2 is 2.13 bits per heavy atom. The molecule has 1 unspecified atom stereocenters. The standard InChI is InChI=1S/C21H27N5O4S/c1-13(2)17-11-23-26-19(17)24-21(31(4,27)28)25-20(26)22-10-15-6-5-14(3)9-18(15)30-16-7-8-29-12-16/h5-6,9,11,13,16H,7-8,10,12H2,1-4H3,(H,22,24,25). The van der Waals surface area contributed by atoms with E-state index < -0.39 is 9.84 Å². The zero-order valence-corrected chi connectivity index (χ0v) is 18.9. The van der Waals surface area contributed by atoms with Crippen molar-refractivity contribution in [2.75, 3.05) is 24.8 Å². The summed E-state index contributed by atoms with van der Waals surface area (Å²) in [5.41, 5.74) is 3.36. The van der Waals surface area contributed by atoms with Crippen molar-refractivity contribution in [1.29, 1.82) is 0 Å². The lowest BCUT2D eigenvalue weighted by molar-refractivity contribution is 0.140. The van der Waals surface area contributed by atoms with Gasteiger partial charge in [0, 0.05) is 30.3 Å². The van der Waals surface area contributed by atoms with Gasteiger partial charge >= 0.3 is 0 Å². The molecule has 1 saturated heterocycles. The molecule has 4 rings (SSSR count). The number of ether oxygens (including phenoxy) is 2. The maximum Gasteiger partial charge on any atom is 0.252 e. The van der Waals surface area contributed by atoms with E-state index in [0.717, 1.165) is 35.1 Å². The molecule has 1 fully saturated rings. The molecule has 0 spiro atoms. The van der Waals surface area contributed by atoms with E-state index in [1.165, 1.54) is 0 Å². The van der Waals surface area contributed by atoms with E-state index in [1.54, 1.807) is 10.7 Å². The Hall–Kier alpha value is -2.72. The Labute approximate surface area is 181 Å². The number of nitrogens with one attached hydrogen (secondary N) is 1. The van der Waals surface area contributed by atoms with Crippen molar-refractivity contribution in [2.45, 2.75) is 50.9 Å². The molecule has 1 atom stereocenters. The number of anilines is 1. The molecular weight excluding hydrogens is 418 g/mol. The summed E-state index contributed by atoms with van der Waals surface area (Å²) in [5.74, 6) is 1.23. The van der Waals surface area contributed by atoms with Crippen LogP contribution in [-0.2, 0) is 21.1 Å². The predicted molar refractivity (Wildman–Crippen MR) is 116 cm³/mol. The molecule has 0 bridgehead atoms. The van der Waals surface area contributed by atoms with Crippen molar-refractivity contribution in [2.24, 2.45) is 0 Å². The molecule has 2 aromatic heterocycles. The van der Waals surface area contributed by atoms with Gasteiger partial charge in [-0.25, -0.2) is 8.42 Å². The second kappa shape index (κ2) is 8.43. The Balaban J connectivity index is 1.68. The molecule has 1 N–H and O–H groups in total. The molecule has 1 aliphatic rings. The summed E-state index contributed by atoms with van der Waals surface area (Å²) < 4.78 is 37.5. The third-order valence-electron chi connectivity index (χ3n) is 5.17. The number of aromatic nitrogens is 4. The van der Waals surface area contributed by atoms with Crippen molar-refractivity contribution in [3.05, 3.63) is 41.1 Å². The second-order valence-electron chi connectivity index (χ2n) is 8.16. The minimum atomic E-state index is -3.59. The van der Waals surface area contributed by atoms with Gasteiger partial charge in [-0.05, 0) is 24.5 Å². The van der Waals surface area contributed by atoms with Crippen LogP contribution in [0.2, 0.25) is 0 Å². The number of sulfone groups is 1. The van der Waals surface area contributed by atoms with Crippen molar-refractivity contribution < 1.29 is 17.9 Å². The topological polar surface area (TPSA) is 108 Å². The van der Waals surface area contributed by atoms with Gasteiger partial charge in [0.25, 0.3) is 5.16 Å². The summed E-state index contributed by atoms with van der Waals surface area (Å²) in [4.78, 5) is 8.50. The highest BCUT2D eigenvalue weighted by Gasteiger charge is 2.21. The summed E-state index contributed by atoms with van der Waals surface area (Å²) in [6.45, 7) is 7.70. The first kappa shape index (κ1) is 21.5. The number of aryl methyl sites for hydroxylation is 1. The first-order valence-electron chi connectivity index (χ1n) is 10.3. The molecular formula is C21H27N5O4S. The fraction of sp³-hybridized carbons (Fsp3) is 0.476. The third-order valence-corrected chi connectivity index (χ3v) is 6.02. The van der Waals surface area contributed by atoms with Gasteiger partial charge in [0.15, 0.2) is 5.65 Å². The van der Waals surface area contributed by atoms with Crippen molar-refractivity contribution in [1.82, 2.24) is 19.6 Å². The van der Waals surface area contributed by atoms with Crippen LogP contribution < -0.4 is 10.1 Å². The van der Waals surface area contributed by atoms with Gasteiger partial charge in [-0.15, -0.1) is 0 Å². The lowest BCUT2D eigenvalue weighted by Gasteiger charge is -2.17. The zero-order chi connectivity index (χ0) is 22.2. The van der Waals surface area contributed by atoms with Gasteiger partial charge < -0.3 is 14.8 Å². The van der Waals surface area contributed by atoms with Crippen molar-refractivity contribution >= 4 is 21.4 Å². The predicted octanol–water partition coefficient (Wildman–Crippen LogP) is 2.74. The fourth-order valence-corrected chi connectivity index (χ4v) is 3.94. The van der Waals surface area contributed by atoms with Gasteiger partial charge in [0.2, 0.25) is 15.8 Å². The summed E-state index contributed by atoms with van der Waals surface area (Å²) in [6.07, 6.45) is 3.69. The third kappa shape index (κ3) is 4.64. The van der Waals surface area contributed by atoms with E-state index in [-0.39, 0.29) is 17.2 Å². The van der Waals surface area contributed by atoms with E-state index in [2.05, 4.69) is 20.4 Å². The molecule has 31 heavy (non-hydrogen) atoms. The molecule has 9 nitrogen and oxygen atoms in total. The van der Waals surface area contributed by atoms with Gasteiger partial charge in [-0.1, -0.05) is 26.0 Å². The van der Waals surface area contributed by atoms with Crippen LogP contribution in [0.3, 0.4) is 0 Å². The minimum Gasteiger partial charge on any atom is -0.488 e. The number of fused-ring (bicyclic) bond motifs is 1. The molecule has 0 radical (unpaired) electrons. The monoisotopic (exact) mass is 445 g/mol. The number of hydrogen-bond donors (Lipinski definition) is 1. The fourth-order valence-electron chi connectivity index (χ4n) is 3.44. The first-order chi connectivity index (χ1) is 14.7. The molecule has 0 aliphatic carbocycles. The summed E-state index contributed by atoms with van der Waals surface area (Å²) >= 11 is 0. The Bertz CT molecular complexity index is 1200. The number of hydrogen-bond acceptors (Lipinski definition) is 8. The molecule has 0 amide bonds. The average Bonchev–Trinajstić information content (AvgIpc) is 3.36. The molecule has 0 saturated carbocycles. The van der Waals surface area contributed by atoms with Crippen LogP contribution in [0.25, 0.3) is 5.65 Å². The second-order valence-corrected chi connectivity index (χ2v) is 10.1. The maximum absolute atomic E-state index is 12.2. The Kier molecular flexibility index (Phi) is 5.85. The molecule has 3 aromatic rings. The van der Waals surface area contributed by atoms with E-state index in [4.69, 9.17) is 9.47 Å². The molecule has 1 aromatic carbocycles. The van der Waals surface area contributed by atoms with E-state index in [9.17, 15) is 8.42 Å². The highest BCUT2D eigenvalue weighted by molar-refractivity contribution is 7.90. The lowest BCUT2D eigenvalue weighted by atomic mass is 10.1. The molecule has 3 heterocycles. The smallest absolute Gasteiger partial charge is 0.252 e. The molecule has 10 heteroatoms. The van der Waals surface area contributed by atoms with Gasteiger partial charge in [-0.3, -0.25) is 0 Å². The van der Waals surface area contributed by atoms with Crippen LogP contribution in [0.15, 0.2) is 29.6 Å². The van der Waals surface area contributed by atoms with Crippen LogP contribution in [-0.4, -0.2) is 53.6 Å². The van der Waals surface area contributed by atoms with Crippen LogP contribution >= 0.6 is 0 Å². The number of benzene rings is 1. The molecule has 1 aliphatic heterocycles. The number of rotatable bonds is 7. The minimum absolute atomic E-state index is 0.0304. The van der Waals surface area contributed by atoms with Crippen molar-refractivity contribution in [3.8, 4) is 5.75 Å². The Morgan fingerprint density at radius 1 is 1.32 bits per heavy atom. The first-order valence-corrected chi connectivity index (χ1v) is 12.1. The SMILES string of the molecule is Cc1ccc(CNc2nc(S(C)(=O)=O)nc3c(C(C)C)cnn23)c(OC2CCOC2)c1. The summed E-state index contributed by atoms with van der Waals surface area (Å²) in [5, 5.41) is 7.38. The quantitative estimate of drug-likeness (QED) is 0.591. The van der Waals surface area contributed by atoms with E-state index in [1.807, 2.05) is 39.0 Å². The van der Waals surface area contributed by atoms with Gasteiger partial charge in [0.1, 0.15) is 11.9 Å². The maximum atomic E-state index is 12.2. The molecule has 166 valence electrons. The van der Waals surface area contributed by atoms with Crippen LogP contribution in [0.5, 0.6) is 5.75 Å². The summed E-state index contributed by atoms with van der Waals surface area (Å²) in [6, 6.07) is 6.00. The number of nitrogens with zero attached hydrogens (tertiary/aromatic N) is 4. The van der Waals surface area contributed by atoms with E-state index in [0.29, 0.717) is 31.4 Å². The van der Waals surface area contributed by atoms with Crippen LogP contribution in [0, 0.1) is 6.92 Å². The van der Waals surface area contributed by atoms with Crippen LogP contribution in [0.4, 0.5) is 5.95 Å². The zero-order valence-electron chi connectivity index (χ0n) is 18.1. The van der Waals surface area contributed by atoms with Gasteiger partial charge in [0.05, 0.1) is 19.4 Å². The summed E-state index contributed by atoms with van der Waals surface area (Å²) in [7, 11) is -3.59. The highest BCUT2D eigenvalue weighted by atomic mass is 32.2. The largest absolute Gasteiger partial charge is 0.488 e. The highest BCUT2D eigenvalue weighted by Crippen LogP contribution is 2.26.